The zero-order chi connectivity index (χ0) is 36.2. The average molecular weight is 659 g/mol. The second-order valence-corrected chi connectivity index (χ2v) is 10.1. The molecule has 49 heavy (non-hydrogen) atoms. The minimum Gasteiger partial charge on any atom is -0.353 e. The summed E-state index contributed by atoms with van der Waals surface area (Å²) in [6.07, 6.45) is 19.6. The Labute approximate surface area is 288 Å². The number of carbonyl (C=O) groups is 2. The van der Waals surface area contributed by atoms with Crippen LogP contribution in [0.3, 0.4) is 0 Å². The third kappa shape index (κ3) is 11.0. The SMILES string of the molecule is C/C=C/C(C)=N\C=C/CC.C=C/C=C\C(=NC)c1cccc2[nH]c(-c3[nH]nc4ncc(-c5cncc(NC(C)=O)c5)cc34)cc12.C=O.CC. The summed E-state index contributed by atoms with van der Waals surface area (Å²) in [5.41, 5.74) is 8.60. The summed E-state index contributed by atoms with van der Waals surface area (Å²) in [6, 6.07) is 12.1. The number of aromatic nitrogens is 5. The Hall–Kier alpha value is -6.03. The van der Waals surface area contributed by atoms with Gasteiger partial charge in [-0.05, 0) is 56.7 Å². The molecule has 254 valence electrons. The lowest BCUT2D eigenvalue weighted by atomic mass is 10.0. The molecular formula is C39H46N8O2. The van der Waals surface area contributed by atoms with Crippen LogP contribution in [-0.2, 0) is 9.59 Å². The summed E-state index contributed by atoms with van der Waals surface area (Å²) in [4.78, 5) is 40.3. The van der Waals surface area contributed by atoms with Gasteiger partial charge < -0.3 is 15.1 Å². The molecule has 3 N–H and O–H groups in total. The topological polar surface area (TPSA) is 141 Å². The van der Waals surface area contributed by atoms with Crippen LogP contribution in [0, 0.1) is 0 Å². The van der Waals surface area contributed by atoms with Gasteiger partial charge in [0.2, 0.25) is 5.91 Å². The van der Waals surface area contributed by atoms with E-state index < -0.39 is 0 Å². The molecule has 0 bridgehead atoms. The van der Waals surface area contributed by atoms with E-state index in [0.29, 0.717) is 11.3 Å². The minimum atomic E-state index is -0.149. The smallest absolute Gasteiger partial charge is 0.221 e. The van der Waals surface area contributed by atoms with E-state index in [9.17, 15) is 4.79 Å². The van der Waals surface area contributed by atoms with E-state index >= 15 is 0 Å². The first-order chi connectivity index (χ1) is 23.9. The highest BCUT2D eigenvalue weighted by molar-refractivity contribution is 6.17. The molecule has 0 spiro atoms. The van der Waals surface area contributed by atoms with Crippen molar-refractivity contribution in [2.24, 2.45) is 9.98 Å². The van der Waals surface area contributed by atoms with Gasteiger partial charge in [0.05, 0.1) is 29.0 Å². The van der Waals surface area contributed by atoms with Gasteiger partial charge in [0.25, 0.3) is 0 Å². The van der Waals surface area contributed by atoms with E-state index in [4.69, 9.17) is 4.79 Å². The molecule has 0 atom stereocenters. The molecule has 0 fully saturated rings. The standard InChI is InChI=1S/C27H23N7O.C9H15N.C2H6.CH2O/c1-4-5-8-23(28-3)20-7-6-9-24-21(20)12-25(32-24)26-22-11-18(14-30-27(22)34-33-26)17-10-19(15-29-13-17)31-16(2)35;1-4-6-8-10-9(3)7-5-2;2*1-2/h4-15,32H,1H2,2-3H3,(H,31,35)(H,30,33,34);5-8H,4H2,1-3H3;1-2H3;1H2/b8-5-,28-23?;7-5+,8-6-,10-9-;;. The third-order valence-corrected chi connectivity index (χ3v) is 6.67. The van der Waals surface area contributed by atoms with Crippen molar-refractivity contribution in [2.45, 2.75) is 48.0 Å². The zero-order valence-electron chi connectivity index (χ0n) is 29.4. The number of H-pyrrole nitrogens is 2. The van der Waals surface area contributed by atoms with Crippen LogP contribution in [0.15, 0.2) is 114 Å². The highest BCUT2D eigenvalue weighted by Crippen LogP contribution is 2.32. The Bertz CT molecular complexity index is 1980. The Morgan fingerprint density at radius 1 is 1.02 bits per heavy atom. The van der Waals surface area contributed by atoms with Crippen molar-refractivity contribution >= 4 is 51.7 Å². The summed E-state index contributed by atoms with van der Waals surface area (Å²) in [7, 11) is 1.78. The fourth-order valence-electron chi connectivity index (χ4n) is 4.65. The van der Waals surface area contributed by atoms with Gasteiger partial charge in [-0.2, -0.15) is 5.10 Å². The first-order valence-electron chi connectivity index (χ1n) is 15.9. The number of pyridine rings is 2. The molecule has 0 saturated carbocycles. The second-order valence-electron chi connectivity index (χ2n) is 10.1. The number of carbonyl (C=O) groups excluding carboxylic acids is 2. The molecule has 1 aromatic carbocycles. The lowest BCUT2D eigenvalue weighted by molar-refractivity contribution is -0.114. The predicted octanol–water partition coefficient (Wildman–Crippen LogP) is 9.08. The van der Waals surface area contributed by atoms with Crippen LogP contribution in [0.25, 0.3) is 44.5 Å². The molecule has 0 aliphatic carbocycles. The number of nitrogens with one attached hydrogen (secondary N) is 3. The summed E-state index contributed by atoms with van der Waals surface area (Å²) in [5.74, 6) is -0.149. The van der Waals surface area contributed by atoms with Crippen LogP contribution in [0.4, 0.5) is 5.69 Å². The summed E-state index contributed by atoms with van der Waals surface area (Å²) >= 11 is 0. The molecule has 4 heterocycles. The van der Waals surface area contributed by atoms with Gasteiger partial charge in [0.15, 0.2) is 5.65 Å². The summed E-state index contributed by atoms with van der Waals surface area (Å²) < 4.78 is 0. The molecule has 1 amide bonds. The summed E-state index contributed by atoms with van der Waals surface area (Å²) in [6.45, 7) is 17.3. The minimum absolute atomic E-state index is 0.149. The molecule has 4 aromatic heterocycles. The van der Waals surface area contributed by atoms with Crippen LogP contribution in [0.2, 0.25) is 0 Å². The van der Waals surface area contributed by atoms with Gasteiger partial charge in [-0.1, -0.05) is 63.8 Å². The molecule has 0 saturated heterocycles. The van der Waals surface area contributed by atoms with Crippen LogP contribution >= 0.6 is 0 Å². The number of hydrogen-bond donors (Lipinski definition) is 3. The normalized spacial score (nSPS) is 11.6. The first-order valence-corrected chi connectivity index (χ1v) is 15.9. The third-order valence-electron chi connectivity index (χ3n) is 6.67. The fraction of sp³-hybridized carbons (Fsp3) is 0.205. The molecular weight excluding hydrogens is 612 g/mol. The number of fused-ring (bicyclic) bond motifs is 2. The number of allylic oxidation sites excluding steroid dienone is 6. The van der Waals surface area contributed by atoms with Crippen molar-refractivity contribution in [1.29, 1.82) is 0 Å². The van der Waals surface area contributed by atoms with Crippen LogP contribution in [-0.4, -0.2) is 56.3 Å². The maximum atomic E-state index is 11.4. The van der Waals surface area contributed by atoms with Gasteiger partial charge in [-0.3, -0.25) is 24.9 Å². The highest BCUT2D eigenvalue weighted by atomic mass is 16.1. The number of hydrogen-bond acceptors (Lipinski definition) is 7. The average Bonchev–Trinajstić information content (AvgIpc) is 3.75. The van der Waals surface area contributed by atoms with Gasteiger partial charge in [-0.15, -0.1) is 0 Å². The van der Waals surface area contributed by atoms with E-state index in [0.717, 1.165) is 62.2 Å². The largest absolute Gasteiger partial charge is 0.353 e. The van der Waals surface area contributed by atoms with Gasteiger partial charge in [0.1, 0.15) is 6.79 Å². The van der Waals surface area contributed by atoms with Crippen molar-refractivity contribution in [3.8, 4) is 22.5 Å². The highest BCUT2D eigenvalue weighted by Gasteiger charge is 2.15. The van der Waals surface area contributed by atoms with E-state index in [1.54, 1.807) is 31.7 Å². The van der Waals surface area contributed by atoms with Gasteiger partial charge in [0, 0.05) is 71.3 Å². The van der Waals surface area contributed by atoms with Crippen LogP contribution < -0.4 is 5.32 Å². The number of nitrogens with zero attached hydrogens (tertiary/aromatic N) is 5. The van der Waals surface area contributed by atoms with E-state index in [1.807, 2.05) is 95.3 Å². The van der Waals surface area contributed by atoms with Crippen molar-refractivity contribution in [3.05, 3.63) is 110 Å². The van der Waals surface area contributed by atoms with Crippen molar-refractivity contribution < 1.29 is 9.59 Å². The molecule has 0 aliphatic heterocycles. The Balaban J connectivity index is 0.000000510. The maximum Gasteiger partial charge on any atom is 0.221 e. The van der Waals surface area contributed by atoms with E-state index in [-0.39, 0.29) is 5.91 Å². The Kier molecular flexibility index (Phi) is 16.7. The predicted molar refractivity (Wildman–Crippen MR) is 206 cm³/mol. The van der Waals surface area contributed by atoms with E-state index in [2.05, 4.69) is 66.1 Å². The summed E-state index contributed by atoms with van der Waals surface area (Å²) in [5, 5.41) is 12.2. The van der Waals surface area contributed by atoms with Gasteiger partial charge in [-0.25, -0.2) is 4.98 Å². The molecule has 0 unspecified atom stereocenters. The molecule has 0 aliphatic rings. The molecule has 5 rings (SSSR count). The van der Waals surface area contributed by atoms with Crippen molar-refractivity contribution in [1.82, 2.24) is 25.1 Å². The van der Waals surface area contributed by atoms with Gasteiger partial charge >= 0.3 is 0 Å². The number of aromatic amines is 2. The van der Waals surface area contributed by atoms with Crippen LogP contribution in [0.1, 0.15) is 53.5 Å². The molecule has 0 radical (unpaired) electrons. The molecule has 5 aromatic rings. The number of rotatable bonds is 9. The lowest BCUT2D eigenvalue weighted by Crippen LogP contribution is -2.05. The number of anilines is 1. The van der Waals surface area contributed by atoms with Crippen molar-refractivity contribution in [2.75, 3.05) is 12.4 Å². The van der Waals surface area contributed by atoms with E-state index in [1.165, 1.54) is 6.92 Å². The Morgan fingerprint density at radius 2 is 1.78 bits per heavy atom. The number of aliphatic imine (C=N–C) groups is 2. The molecule has 10 nitrogen and oxygen atoms in total. The number of benzene rings is 1. The zero-order valence-corrected chi connectivity index (χ0v) is 29.4. The monoisotopic (exact) mass is 658 g/mol. The quantitative estimate of drug-likeness (QED) is 0.107. The lowest BCUT2D eigenvalue weighted by Gasteiger charge is -2.05. The Morgan fingerprint density at radius 3 is 2.45 bits per heavy atom. The van der Waals surface area contributed by atoms with Crippen LogP contribution in [0.5, 0.6) is 0 Å². The first kappa shape index (κ1) is 39.1. The molecule has 10 heteroatoms. The van der Waals surface area contributed by atoms with Crippen molar-refractivity contribution in [3.63, 3.8) is 0 Å². The fourth-order valence-corrected chi connectivity index (χ4v) is 4.65. The number of amides is 1. The second kappa shape index (κ2) is 21.0. The maximum absolute atomic E-state index is 11.4.